The molecule has 7 heteroatoms. The average molecular weight is 356 g/mol. The topological polar surface area (TPSA) is 95.5 Å². The molecular formula is C17H28N2O4S. The fourth-order valence-electron chi connectivity index (χ4n) is 2.34. The van der Waals surface area contributed by atoms with Crippen molar-refractivity contribution in [3.05, 3.63) is 23.8 Å². The Morgan fingerprint density at radius 2 is 1.88 bits per heavy atom. The van der Waals surface area contributed by atoms with Crippen LogP contribution in [0.1, 0.15) is 57.3 Å². The number of hydrogen-bond acceptors (Lipinski definition) is 4. The molecule has 0 fully saturated rings. The summed E-state index contributed by atoms with van der Waals surface area (Å²) in [6.45, 7) is 8.57. The van der Waals surface area contributed by atoms with Crippen LogP contribution in [0.5, 0.6) is 0 Å². The largest absolute Gasteiger partial charge is 0.478 e. The molecule has 1 rings (SSSR count). The van der Waals surface area contributed by atoms with Crippen molar-refractivity contribution in [1.82, 2.24) is 4.72 Å². The third-order valence-corrected chi connectivity index (χ3v) is 5.23. The maximum atomic E-state index is 12.4. The summed E-state index contributed by atoms with van der Waals surface area (Å²) in [6.07, 6.45) is 2.48. The molecule has 0 amide bonds. The van der Waals surface area contributed by atoms with Crippen LogP contribution >= 0.6 is 0 Å². The van der Waals surface area contributed by atoms with Gasteiger partial charge in [-0.3, -0.25) is 0 Å². The SMILES string of the molecule is CCC[C@@H](C)NS(=O)(=O)c1ccc(NCCC(C)C)c(C(=O)O)c1. The van der Waals surface area contributed by atoms with Crippen molar-refractivity contribution in [2.45, 2.75) is 57.9 Å². The van der Waals surface area contributed by atoms with Crippen molar-refractivity contribution >= 4 is 21.7 Å². The maximum Gasteiger partial charge on any atom is 0.337 e. The van der Waals surface area contributed by atoms with Crippen molar-refractivity contribution in [2.75, 3.05) is 11.9 Å². The number of nitrogens with one attached hydrogen (secondary N) is 2. The molecule has 0 spiro atoms. The number of rotatable bonds is 10. The Kier molecular flexibility index (Phi) is 7.69. The molecule has 6 nitrogen and oxygen atoms in total. The lowest BCUT2D eigenvalue weighted by atomic mass is 10.1. The lowest BCUT2D eigenvalue weighted by Gasteiger charge is -2.15. The van der Waals surface area contributed by atoms with E-state index < -0.39 is 16.0 Å². The van der Waals surface area contributed by atoms with Crippen LogP contribution in [-0.2, 0) is 10.0 Å². The smallest absolute Gasteiger partial charge is 0.337 e. The molecule has 0 unspecified atom stereocenters. The van der Waals surface area contributed by atoms with Crippen molar-refractivity contribution in [3.63, 3.8) is 0 Å². The highest BCUT2D eigenvalue weighted by atomic mass is 32.2. The molecule has 1 atom stereocenters. The molecule has 1 aromatic carbocycles. The molecule has 0 radical (unpaired) electrons. The second-order valence-corrected chi connectivity index (χ2v) is 8.15. The third kappa shape index (κ3) is 6.13. The van der Waals surface area contributed by atoms with Crippen LogP contribution in [-0.4, -0.2) is 32.1 Å². The molecular weight excluding hydrogens is 328 g/mol. The fourth-order valence-corrected chi connectivity index (χ4v) is 3.65. The van der Waals surface area contributed by atoms with E-state index in [1.54, 1.807) is 6.92 Å². The molecule has 0 aromatic heterocycles. The molecule has 0 saturated heterocycles. The predicted octanol–water partition coefficient (Wildman–Crippen LogP) is 3.31. The molecule has 0 saturated carbocycles. The van der Waals surface area contributed by atoms with E-state index in [4.69, 9.17) is 0 Å². The Morgan fingerprint density at radius 1 is 1.21 bits per heavy atom. The number of carboxylic acid groups (broad SMARTS) is 1. The molecule has 1 aromatic rings. The predicted molar refractivity (Wildman–Crippen MR) is 96.0 cm³/mol. The first kappa shape index (κ1) is 20.4. The zero-order chi connectivity index (χ0) is 18.3. The summed E-state index contributed by atoms with van der Waals surface area (Å²) in [5.41, 5.74) is 0.397. The monoisotopic (exact) mass is 356 g/mol. The van der Waals surface area contributed by atoms with Gasteiger partial charge in [0.1, 0.15) is 0 Å². The second kappa shape index (κ2) is 9.03. The average Bonchev–Trinajstić information content (AvgIpc) is 2.46. The quantitative estimate of drug-likeness (QED) is 0.598. The van der Waals surface area contributed by atoms with Gasteiger partial charge < -0.3 is 10.4 Å². The van der Waals surface area contributed by atoms with Crippen LogP contribution in [0.25, 0.3) is 0 Å². The molecule has 0 aliphatic rings. The van der Waals surface area contributed by atoms with Crippen molar-refractivity contribution in [3.8, 4) is 0 Å². The Morgan fingerprint density at radius 3 is 2.42 bits per heavy atom. The lowest BCUT2D eigenvalue weighted by molar-refractivity contribution is 0.0697. The molecule has 24 heavy (non-hydrogen) atoms. The zero-order valence-corrected chi connectivity index (χ0v) is 15.6. The van der Waals surface area contributed by atoms with Gasteiger partial charge in [-0.15, -0.1) is 0 Å². The van der Waals surface area contributed by atoms with Crippen molar-refractivity contribution < 1.29 is 18.3 Å². The van der Waals surface area contributed by atoms with E-state index in [2.05, 4.69) is 23.9 Å². The van der Waals surface area contributed by atoms with Crippen molar-refractivity contribution in [2.24, 2.45) is 5.92 Å². The van der Waals surface area contributed by atoms with Gasteiger partial charge in [-0.05, 0) is 43.9 Å². The number of hydrogen-bond donors (Lipinski definition) is 3. The summed E-state index contributed by atoms with van der Waals surface area (Å²) in [4.78, 5) is 11.4. The van der Waals surface area contributed by atoms with Gasteiger partial charge in [-0.25, -0.2) is 17.9 Å². The molecule has 136 valence electrons. The minimum absolute atomic E-state index is 0.0303. The highest BCUT2D eigenvalue weighted by molar-refractivity contribution is 7.89. The normalized spacial score (nSPS) is 13.0. The van der Waals surface area contributed by atoms with Gasteiger partial charge in [0.15, 0.2) is 0 Å². The highest BCUT2D eigenvalue weighted by Crippen LogP contribution is 2.21. The number of carboxylic acids is 1. The number of benzene rings is 1. The van der Waals surface area contributed by atoms with Crippen LogP contribution in [0, 0.1) is 5.92 Å². The molecule has 3 N–H and O–H groups in total. The Labute approximate surface area is 144 Å². The summed E-state index contributed by atoms with van der Waals surface area (Å²) in [5.74, 6) is -0.657. The Balaban J connectivity index is 3.02. The molecule has 0 heterocycles. The van der Waals surface area contributed by atoms with Crippen LogP contribution < -0.4 is 10.0 Å². The van der Waals surface area contributed by atoms with E-state index in [1.165, 1.54) is 18.2 Å². The number of sulfonamides is 1. The van der Waals surface area contributed by atoms with E-state index in [0.29, 0.717) is 18.2 Å². The fraction of sp³-hybridized carbons (Fsp3) is 0.588. The first-order chi connectivity index (χ1) is 11.2. The molecule has 0 aliphatic carbocycles. The third-order valence-electron chi connectivity index (χ3n) is 3.65. The van der Waals surface area contributed by atoms with Crippen molar-refractivity contribution in [1.29, 1.82) is 0 Å². The minimum atomic E-state index is -3.73. The second-order valence-electron chi connectivity index (χ2n) is 6.43. The van der Waals surface area contributed by atoms with Crippen LogP contribution in [0.2, 0.25) is 0 Å². The first-order valence-corrected chi connectivity index (χ1v) is 9.79. The number of anilines is 1. The number of aromatic carboxylic acids is 1. The van der Waals surface area contributed by atoms with E-state index in [1.807, 2.05) is 6.92 Å². The summed E-state index contributed by atoms with van der Waals surface area (Å²) < 4.78 is 27.3. The van der Waals surface area contributed by atoms with Gasteiger partial charge in [0.25, 0.3) is 0 Å². The molecule has 0 bridgehead atoms. The Bertz CT molecular complexity index is 657. The van der Waals surface area contributed by atoms with E-state index >= 15 is 0 Å². The summed E-state index contributed by atoms with van der Waals surface area (Å²) >= 11 is 0. The highest BCUT2D eigenvalue weighted by Gasteiger charge is 2.20. The maximum absolute atomic E-state index is 12.4. The number of carbonyl (C=O) groups is 1. The summed E-state index contributed by atoms with van der Waals surface area (Å²) in [5, 5.41) is 12.4. The van der Waals surface area contributed by atoms with Gasteiger partial charge in [0.05, 0.1) is 10.5 Å². The summed E-state index contributed by atoms with van der Waals surface area (Å²) in [6, 6.07) is 3.96. The van der Waals surface area contributed by atoms with E-state index in [-0.39, 0.29) is 16.5 Å². The summed E-state index contributed by atoms with van der Waals surface area (Å²) in [7, 11) is -3.73. The molecule has 0 aliphatic heterocycles. The van der Waals surface area contributed by atoms with E-state index in [0.717, 1.165) is 19.3 Å². The lowest BCUT2D eigenvalue weighted by Crippen LogP contribution is -2.32. The van der Waals surface area contributed by atoms with Gasteiger partial charge in [-0.2, -0.15) is 0 Å². The van der Waals surface area contributed by atoms with E-state index in [9.17, 15) is 18.3 Å². The van der Waals surface area contributed by atoms with Crippen LogP contribution in [0.3, 0.4) is 0 Å². The van der Waals surface area contributed by atoms with Gasteiger partial charge >= 0.3 is 5.97 Å². The standard InChI is InChI=1S/C17H28N2O4S/c1-5-6-13(4)19-24(22,23)14-7-8-16(15(11-14)17(20)21)18-10-9-12(2)3/h7-8,11-13,18-19H,5-6,9-10H2,1-4H3,(H,20,21)/t13-/m1/s1. The van der Waals surface area contributed by atoms with Gasteiger partial charge in [0.2, 0.25) is 10.0 Å². The zero-order valence-electron chi connectivity index (χ0n) is 14.8. The van der Waals surface area contributed by atoms with Gasteiger partial charge in [-0.1, -0.05) is 27.2 Å². The minimum Gasteiger partial charge on any atom is -0.478 e. The Hall–Kier alpha value is -1.60. The van der Waals surface area contributed by atoms with Crippen LogP contribution in [0.15, 0.2) is 23.1 Å². The first-order valence-electron chi connectivity index (χ1n) is 8.31. The van der Waals surface area contributed by atoms with Crippen LogP contribution in [0.4, 0.5) is 5.69 Å². The van der Waals surface area contributed by atoms with Gasteiger partial charge in [0, 0.05) is 18.3 Å².